The molecular weight excluding hydrogens is 255 g/mol. The van der Waals surface area contributed by atoms with Gasteiger partial charge in [-0.15, -0.1) is 0 Å². The van der Waals surface area contributed by atoms with Gasteiger partial charge in [-0.1, -0.05) is 24.3 Å². The van der Waals surface area contributed by atoms with Gasteiger partial charge in [-0.05, 0) is 30.7 Å². The molecule has 1 amide bonds. The van der Waals surface area contributed by atoms with E-state index in [2.05, 4.69) is 10.6 Å². The summed E-state index contributed by atoms with van der Waals surface area (Å²) < 4.78 is 13.5. The summed E-state index contributed by atoms with van der Waals surface area (Å²) in [5.41, 5.74) is 3.09. The second-order valence-corrected chi connectivity index (χ2v) is 4.96. The Labute approximate surface area is 116 Å². The van der Waals surface area contributed by atoms with Gasteiger partial charge in [0.15, 0.2) is 0 Å². The molecule has 4 heteroatoms. The van der Waals surface area contributed by atoms with Crippen LogP contribution >= 0.6 is 0 Å². The fourth-order valence-corrected chi connectivity index (χ4v) is 2.42. The molecular formula is C16H15FN2O. The maximum Gasteiger partial charge on any atom is 0.247 e. The molecule has 2 N–H and O–H groups in total. The minimum absolute atomic E-state index is 0.144. The Morgan fingerprint density at radius 1 is 1.25 bits per heavy atom. The van der Waals surface area contributed by atoms with Crippen LogP contribution in [-0.2, 0) is 11.2 Å². The predicted molar refractivity (Wildman–Crippen MR) is 77.3 cm³/mol. The molecule has 20 heavy (non-hydrogen) atoms. The van der Waals surface area contributed by atoms with Gasteiger partial charge < -0.3 is 10.6 Å². The van der Waals surface area contributed by atoms with E-state index in [1.54, 1.807) is 19.1 Å². The normalized spacial score (nSPS) is 16.4. The standard InChI is InChI=1S/C16H15FN2O/c1-10-12(17)6-4-8-13(10)19-16(20)15-9-11-5-2-3-7-14(11)18-15/h2-8,15,18H,9H2,1H3,(H,19,20). The molecule has 1 heterocycles. The van der Waals surface area contributed by atoms with Gasteiger partial charge in [0.25, 0.3) is 0 Å². The molecule has 3 rings (SSSR count). The highest BCUT2D eigenvalue weighted by Gasteiger charge is 2.26. The van der Waals surface area contributed by atoms with Crippen LogP contribution in [0.3, 0.4) is 0 Å². The molecule has 0 saturated carbocycles. The quantitative estimate of drug-likeness (QED) is 0.880. The van der Waals surface area contributed by atoms with E-state index >= 15 is 0 Å². The molecule has 2 aromatic rings. The molecule has 1 aliphatic rings. The number of carbonyl (C=O) groups excluding carboxylic acids is 1. The highest BCUT2D eigenvalue weighted by Crippen LogP contribution is 2.26. The van der Waals surface area contributed by atoms with Gasteiger partial charge in [0.2, 0.25) is 5.91 Å². The van der Waals surface area contributed by atoms with Gasteiger partial charge in [0.1, 0.15) is 11.9 Å². The number of fused-ring (bicyclic) bond motifs is 1. The van der Waals surface area contributed by atoms with Crippen molar-refractivity contribution in [2.75, 3.05) is 10.6 Å². The van der Waals surface area contributed by atoms with Crippen molar-refractivity contribution >= 4 is 17.3 Å². The fourth-order valence-electron chi connectivity index (χ4n) is 2.42. The predicted octanol–water partition coefficient (Wildman–Crippen LogP) is 3.11. The third-order valence-electron chi connectivity index (χ3n) is 3.61. The van der Waals surface area contributed by atoms with Gasteiger partial charge in [-0.3, -0.25) is 4.79 Å². The van der Waals surface area contributed by atoms with Crippen LogP contribution in [0, 0.1) is 12.7 Å². The number of hydrogen-bond acceptors (Lipinski definition) is 2. The highest BCUT2D eigenvalue weighted by molar-refractivity contribution is 5.98. The lowest BCUT2D eigenvalue weighted by Crippen LogP contribution is -2.33. The van der Waals surface area contributed by atoms with E-state index in [0.717, 1.165) is 11.3 Å². The smallest absolute Gasteiger partial charge is 0.247 e. The lowest BCUT2D eigenvalue weighted by Gasteiger charge is -2.13. The van der Waals surface area contributed by atoms with Crippen LogP contribution in [0.4, 0.5) is 15.8 Å². The zero-order valence-electron chi connectivity index (χ0n) is 11.1. The largest absolute Gasteiger partial charge is 0.373 e. The number of carbonyl (C=O) groups is 1. The fraction of sp³-hybridized carbons (Fsp3) is 0.188. The molecule has 0 fully saturated rings. The Morgan fingerprint density at radius 2 is 2.05 bits per heavy atom. The summed E-state index contributed by atoms with van der Waals surface area (Å²) in [6.45, 7) is 1.65. The summed E-state index contributed by atoms with van der Waals surface area (Å²) in [7, 11) is 0. The molecule has 0 radical (unpaired) electrons. The average Bonchev–Trinajstić information content (AvgIpc) is 2.88. The van der Waals surface area contributed by atoms with Crippen LogP contribution in [-0.4, -0.2) is 11.9 Å². The Hall–Kier alpha value is -2.36. The molecule has 3 nitrogen and oxygen atoms in total. The van der Waals surface area contributed by atoms with Crippen molar-refractivity contribution in [2.45, 2.75) is 19.4 Å². The maximum atomic E-state index is 13.5. The van der Waals surface area contributed by atoms with Crippen LogP contribution in [0.15, 0.2) is 42.5 Å². The summed E-state index contributed by atoms with van der Waals surface area (Å²) in [4.78, 5) is 12.3. The first-order chi connectivity index (χ1) is 9.65. The summed E-state index contributed by atoms with van der Waals surface area (Å²) in [6.07, 6.45) is 0.649. The van der Waals surface area contributed by atoms with Crippen LogP contribution in [0.5, 0.6) is 0 Å². The van der Waals surface area contributed by atoms with E-state index in [4.69, 9.17) is 0 Å². The van der Waals surface area contributed by atoms with Crippen molar-refractivity contribution in [1.82, 2.24) is 0 Å². The molecule has 102 valence electrons. The molecule has 1 unspecified atom stereocenters. The van der Waals surface area contributed by atoms with Crippen LogP contribution in [0.2, 0.25) is 0 Å². The van der Waals surface area contributed by atoms with E-state index in [1.165, 1.54) is 6.07 Å². The van der Waals surface area contributed by atoms with Crippen LogP contribution in [0.25, 0.3) is 0 Å². The van der Waals surface area contributed by atoms with Crippen molar-refractivity contribution in [3.8, 4) is 0 Å². The minimum atomic E-state index is -0.314. The molecule has 1 aliphatic heterocycles. The summed E-state index contributed by atoms with van der Waals surface area (Å²) in [5.74, 6) is -0.458. The lowest BCUT2D eigenvalue weighted by molar-refractivity contribution is -0.116. The third kappa shape index (κ3) is 2.25. The molecule has 0 saturated heterocycles. The minimum Gasteiger partial charge on any atom is -0.373 e. The maximum absolute atomic E-state index is 13.5. The van der Waals surface area contributed by atoms with Crippen molar-refractivity contribution in [3.05, 3.63) is 59.4 Å². The third-order valence-corrected chi connectivity index (χ3v) is 3.61. The van der Waals surface area contributed by atoms with E-state index in [-0.39, 0.29) is 17.8 Å². The number of halogens is 1. The first kappa shape index (κ1) is 12.7. The van der Waals surface area contributed by atoms with E-state index in [0.29, 0.717) is 17.7 Å². The topological polar surface area (TPSA) is 41.1 Å². The summed E-state index contributed by atoms with van der Waals surface area (Å²) in [6, 6.07) is 12.2. The second kappa shape index (κ2) is 4.96. The number of hydrogen-bond donors (Lipinski definition) is 2. The lowest BCUT2D eigenvalue weighted by atomic mass is 10.1. The number of benzene rings is 2. The monoisotopic (exact) mass is 270 g/mol. The molecule has 0 aromatic heterocycles. The number of rotatable bonds is 2. The van der Waals surface area contributed by atoms with E-state index in [1.807, 2.05) is 24.3 Å². The van der Waals surface area contributed by atoms with Crippen molar-refractivity contribution < 1.29 is 9.18 Å². The molecule has 2 aromatic carbocycles. The Balaban J connectivity index is 1.74. The zero-order valence-corrected chi connectivity index (χ0v) is 11.1. The number of anilines is 2. The average molecular weight is 270 g/mol. The van der Waals surface area contributed by atoms with Gasteiger partial charge in [0, 0.05) is 23.4 Å². The summed E-state index contributed by atoms with van der Waals surface area (Å²) in [5, 5.41) is 5.97. The molecule has 1 atom stereocenters. The summed E-state index contributed by atoms with van der Waals surface area (Å²) >= 11 is 0. The Kier molecular flexibility index (Phi) is 3.14. The Morgan fingerprint density at radius 3 is 2.85 bits per heavy atom. The number of amides is 1. The molecule has 0 spiro atoms. The molecule has 0 aliphatic carbocycles. The van der Waals surface area contributed by atoms with Crippen LogP contribution in [0.1, 0.15) is 11.1 Å². The van der Waals surface area contributed by atoms with Gasteiger partial charge >= 0.3 is 0 Å². The van der Waals surface area contributed by atoms with Crippen molar-refractivity contribution in [3.63, 3.8) is 0 Å². The first-order valence-corrected chi connectivity index (χ1v) is 6.55. The Bertz CT molecular complexity index is 644. The van der Waals surface area contributed by atoms with Crippen molar-refractivity contribution in [1.29, 1.82) is 0 Å². The van der Waals surface area contributed by atoms with Gasteiger partial charge in [-0.2, -0.15) is 0 Å². The first-order valence-electron chi connectivity index (χ1n) is 6.55. The van der Waals surface area contributed by atoms with Crippen LogP contribution < -0.4 is 10.6 Å². The van der Waals surface area contributed by atoms with Gasteiger partial charge in [0.05, 0.1) is 0 Å². The second-order valence-electron chi connectivity index (χ2n) is 4.96. The SMILES string of the molecule is Cc1c(F)cccc1NC(=O)C1Cc2ccccc2N1. The van der Waals surface area contributed by atoms with Gasteiger partial charge in [-0.25, -0.2) is 4.39 Å². The van der Waals surface area contributed by atoms with Crippen molar-refractivity contribution in [2.24, 2.45) is 0 Å². The van der Waals surface area contributed by atoms with E-state index in [9.17, 15) is 9.18 Å². The zero-order chi connectivity index (χ0) is 14.1. The highest BCUT2D eigenvalue weighted by atomic mass is 19.1. The number of para-hydroxylation sites is 1. The number of nitrogens with one attached hydrogen (secondary N) is 2. The van der Waals surface area contributed by atoms with E-state index < -0.39 is 0 Å². The molecule has 0 bridgehead atoms.